The first-order valence-electron chi connectivity index (χ1n) is 7.41. The molecule has 1 aliphatic rings. The van der Waals surface area contributed by atoms with Crippen LogP contribution in [-0.2, 0) is 11.3 Å². The van der Waals surface area contributed by atoms with Crippen LogP contribution in [0, 0.1) is 0 Å². The minimum absolute atomic E-state index is 0.0398. The van der Waals surface area contributed by atoms with Crippen molar-refractivity contribution in [2.75, 3.05) is 0 Å². The van der Waals surface area contributed by atoms with E-state index >= 15 is 0 Å². The maximum atomic E-state index is 12.3. The van der Waals surface area contributed by atoms with E-state index in [2.05, 4.69) is 28.3 Å². The van der Waals surface area contributed by atoms with Gasteiger partial charge in [0, 0.05) is 12.6 Å². The SMILES string of the molecule is O=C(NCc1ccc(Cl)c(Cl)c1)C1CC(c2ccccc2)NN1. The van der Waals surface area contributed by atoms with Gasteiger partial charge in [0.1, 0.15) is 6.04 Å². The number of benzene rings is 2. The molecule has 0 bridgehead atoms. The number of rotatable bonds is 4. The van der Waals surface area contributed by atoms with E-state index < -0.39 is 0 Å². The molecule has 2 unspecified atom stereocenters. The van der Waals surface area contributed by atoms with Crippen molar-refractivity contribution in [2.45, 2.75) is 25.0 Å². The van der Waals surface area contributed by atoms with Gasteiger partial charge < -0.3 is 5.32 Å². The second kappa shape index (κ2) is 7.32. The number of hydrogen-bond donors (Lipinski definition) is 3. The zero-order valence-corrected chi connectivity index (χ0v) is 13.9. The van der Waals surface area contributed by atoms with Gasteiger partial charge in [-0.1, -0.05) is 59.6 Å². The van der Waals surface area contributed by atoms with Crippen molar-refractivity contribution in [3.05, 3.63) is 69.7 Å². The van der Waals surface area contributed by atoms with Gasteiger partial charge in [-0.2, -0.15) is 0 Å². The third-order valence-corrected chi connectivity index (χ3v) is 4.61. The number of nitrogens with one attached hydrogen (secondary N) is 3. The third-order valence-electron chi connectivity index (χ3n) is 3.87. The third kappa shape index (κ3) is 4.03. The van der Waals surface area contributed by atoms with E-state index in [1.165, 1.54) is 5.56 Å². The van der Waals surface area contributed by atoms with Crippen LogP contribution in [0.1, 0.15) is 23.6 Å². The molecule has 1 amide bonds. The van der Waals surface area contributed by atoms with Gasteiger partial charge in [0.25, 0.3) is 0 Å². The normalized spacial score (nSPS) is 20.4. The quantitative estimate of drug-likeness (QED) is 0.794. The number of carbonyl (C=O) groups is 1. The monoisotopic (exact) mass is 349 g/mol. The summed E-state index contributed by atoms with van der Waals surface area (Å²) in [5, 5.41) is 3.91. The highest BCUT2D eigenvalue weighted by Gasteiger charge is 2.29. The van der Waals surface area contributed by atoms with Crippen LogP contribution in [0.2, 0.25) is 10.0 Å². The van der Waals surface area contributed by atoms with Crippen molar-refractivity contribution in [3.63, 3.8) is 0 Å². The minimum Gasteiger partial charge on any atom is -0.351 e. The summed E-state index contributed by atoms with van der Waals surface area (Å²) in [5.41, 5.74) is 8.30. The molecule has 1 fully saturated rings. The molecule has 0 aromatic heterocycles. The maximum Gasteiger partial charge on any atom is 0.238 e. The number of amides is 1. The molecule has 2 aromatic rings. The van der Waals surface area contributed by atoms with E-state index in [-0.39, 0.29) is 18.0 Å². The molecule has 0 spiro atoms. The Kier molecular flexibility index (Phi) is 5.18. The van der Waals surface area contributed by atoms with Gasteiger partial charge in [0.2, 0.25) is 5.91 Å². The number of halogens is 2. The fourth-order valence-electron chi connectivity index (χ4n) is 2.59. The van der Waals surface area contributed by atoms with Crippen molar-refractivity contribution in [3.8, 4) is 0 Å². The molecule has 4 nitrogen and oxygen atoms in total. The largest absolute Gasteiger partial charge is 0.351 e. The topological polar surface area (TPSA) is 53.2 Å². The van der Waals surface area contributed by atoms with E-state index in [4.69, 9.17) is 23.2 Å². The van der Waals surface area contributed by atoms with Crippen LogP contribution >= 0.6 is 23.2 Å². The van der Waals surface area contributed by atoms with Gasteiger partial charge in [-0.05, 0) is 29.7 Å². The van der Waals surface area contributed by atoms with E-state index in [9.17, 15) is 4.79 Å². The van der Waals surface area contributed by atoms with Crippen LogP contribution in [0.5, 0.6) is 0 Å². The summed E-state index contributed by atoms with van der Waals surface area (Å²) in [4.78, 5) is 12.3. The summed E-state index contributed by atoms with van der Waals surface area (Å²) in [7, 11) is 0. The van der Waals surface area contributed by atoms with Gasteiger partial charge in [0.05, 0.1) is 10.0 Å². The number of carbonyl (C=O) groups excluding carboxylic acids is 1. The fourth-order valence-corrected chi connectivity index (χ4v) is 2.91. The molecular formula is C17H17Cl2N3O. The Hall–Kier alpha value is -1.59. The predicted molar refractivity (Wildman–Crippen MR) is 92.2 cm³/mol. The lowest BCUT2D eigenvalue weighted by Crippen LogP contribution is -2.42. The lowest BCUT2D eigenvalue weighted by atomic mass is 10.0. The number of hydrazine groups is 1. The van der Waals surface area contributed by atoms with Crippen molar-refractivity contribution in [1.29, 1.82) is 0 Å². The van der Waals surface area contributed by atoms with Crippen LogP contribution in [0.15, 0.2) is 48.5 Å². The molecule has 0 aliphatic carbocycles. The Balaban J connectivity index is 1.54. The second-order valence-electron chi connectivity index (χ2n) is 5.51. The maximum absolute atomic E-state index is 12.3. The van der Waals surface area contributed by atoms with Crippen LogP contribution in [0.3, 0.4) is 0 Å². The van der Waals surface area contributed by atoms with E-state index in [0.717, 1.165) is 5.56 Å². The molecule has 1 saturated heterocycles. The van der Waals surface area contributed by atoms with Crippen molar-refractivity contribution in [2.24, 2.45) is 0 Å². The molecule has 3 rings (SSSR count). The highest BCUT2D eigenvalue weighted by Crippen LogP contribution is 2.23. The molecule has 0 saturated carbocycles. The molecule has 120 valence electrons. The Morgan fingerprint density at radius 3 is 2.61 bits per heavy atom. The first-order valence-corrected chi connectivity index (χ1v) is 8.17. The van der Waals surface area contributed by atoms with E-state index in [1.54, 1.807) is 12.1 Å². The molecule has 1 aliphatic heterocycles. The molecular weight excluding hydrogens is 333 g/mol. The average molecular weight is 350 g/mol. The summed E-state index contributed by atoms with van der Waals surface area (Å²) < 4.78 is 0. The standard InChI is InChI=1S/C17H17Cl2N3O/c18-13-7-6-11(8-14(13)19)10-20-17(23)16-9-15(21-22-16)12-4-2-1-3-5-12/h1-8,15-16,21-22H,9-10H2,(H,20,23). The molecule has 0 radical (unpaired) electrons. The first-order chi connectivity index (χ1) is 11.1. The smallest absolute Gasteiger partial charge is 0.238 e. The second-order valence-corrected chi connectivity index (χ2v) is 6.32. The summed E-state index contributed by atoms with van der Waals surface area (Å²) in [6, 6.07) is 15.3. The first kappa shape index (κ1) is 16.3. The highest BCUT2D eigenvalue weighted by molar-refractivity contribution is 6.42. The van der Waals surface area contributed by atoms with Gasteiger partial charge >= 0.3 is 0 Å². The molecule has 23 heavy (non-hydrogen) atoms. The molecule has 6 heteroatoms. The summed E-state index contributed by atoms with van der Waals surface area (Å²) in [5.74, 6) is -0.0398. The molecule has 1 heterocycles. The van der Waals surface area contributed by atoms with Crippen LogP contribution < -0.4 is 16.2 Å². The fraction of sp³-hybridized carbons (Fsp3) is 0.235. The highest BCUT2D eigenvalue weighted by atomic mass is 35.5. The Morgan fingerprint density at radius 1 is 1.09 bits per heavy atom. The summed E-state index contributed by atoms with van der Waals surface area (Å²) >= 11 is 11.9. The van der Waals surface area contributed by atoms with E-state index in [1.807, 2.05) is 24.3 Å². The van der Waals surface area contributed by atoms with Crippen LogP contribution in [0.25, 0.3) is 0 Å². The number of hydrogen-bond acceptors (Lipinski definition) is 3. The van der Waals surface area contributed by atoms with Gasteiger partial charge in [-0.3, -0.25) is 4.79 Å². The zero-order chi connectivity index (χ0) is 16.2. The molecule has 2 atom stereocenters. The summed E-state index contributed by atoms with van der Waals surface area (Å²) in [6.07, 6.45) is 0.706. The zero-order valence-electron chi connectivity index (χ0n) is 12.4. The lowest BCUT2D eigenvalue weighted by Gasteiger charge is -2.11. The summed E-state index contributed by atoms with van der Waals surface area (Å²) in [6.45, 7) is 0.421. The van der Waals surface area contributed by atoms with Gasteiger partial charge in [-0.15, -0.1) is 0 Å². The molecule has 3 N–H and O–H groups in total. The average Bonchev–Trinajstić information content (AvgIpc) is 3.06. The van der Waals surface area contributed by atoms with Crippen molar-refractivity contribution < 1.29 is 4.79 Å². The minimum atomic E-state index is -0.261. The Morgan fingerprint density at radius 2 is 1.87 bits per heavy atom. The van der Waals surface area contributed by atoms with Crippen LogP contribution in [0.4, 0.5) is 0 Å². The van der Waals surface area contributed by atoms with Crippen molar-refractivity contribution >= 4 is 29.1 Å². The van der Waals surface area contributed by atoms with E-state index in [0.29, 0.717) is 23.0 Å². The van der Waals surface area contributed by atoms with Crippen LogP contribution in [-0.4, -0.2) is 11.9 Å². The Bertz CT molecular complexity index is 693. The Labute approximate surface area is 145 Å². The van der Waals surface area contributed by atoms with Gasteiger partial charge in [0.15, 0.2) is 0 Å². The van der Waals surface area contributed by atoms with Crippen molar-refractivity contribution in [1.82, 2.24) is 16.2 Å². The molecule has 2 aromatic carbocycles. The predicted octanol–water partition coefficient (Wildman–Crippen LogP) is 3.22. The van der Waals surface area contributed by atoms with Gasteiger partial charge in [-0.25, -0.2) is 10.9 Å². The lowest BCUT2D eigenvalue weighted by molar-refractivity contribution is -0.123.